The average Bonchev–Trinajstić information content (AvgIpc) is 2.39. The maximum absolute atomic E-state index is 11.1. The van der Waals surface area contributed by atoms with Gasteiger partial charge < -0.3 is 10.6 Å². The summed E-state index contributed by atoms with van der Waals surface area (Å²) in [5.41, 5.74) is 0.969. The minimum Gasteiger partial charge on any atom is -0.370 e. The predicted molar refractivity (Wildman–Crippen MR) is 87.7 cm³/mol. The van der Waals surface area contributed by atoms with Gasteiger partial charge in [-0.2, -0.15) is 0 Å². The molecule has 0 amide bonds. The van der Waals surface area contributed by atoms with E-state index in [4.69, 9.17) is 0 Å². The van der Waals surface area contributed by atoms with Crippen molar-refractivity contribution in [2.24, 2.45) is 0 Å². The molecule has 0 saturated heterocycles. The van der Waals surface area contributed by atoms with Crippen LogP contribution in [-0.4, -0.2) is 43.5 Å². The Bertz CT molecular complexity index is 558. The summed E-state index contributed by atoms with van der Waals surface area (Å²) in [7, 11) is -2.91. The van der Waals surface area contributed by atoms with Gasteiger partial charge in [0.1, 0.15) is 27.3 Å². The zero-order valence-electron chi connectivity index (χ0n) is 13.4. The molecule has 7 heteroatoms. The average molecular weight is 314 g/mol. The van der Waals surface area contributed by atoms with Gasteiger partial charge in [0.05, 0.1) is 5.75 Å². The lowest BCUT2D eigenvalue weighted by Crippen LogP contribution is -2.14. The van der Waals surface area contributed by atoms with Crippen LogP contribution in [0, 0.1) is 6.92 Å². The normalized spacial score (nSPS) is 11.4. The summed E-state index contributed by atoms with van der Waals surface area (Å²) in [4.78, 5) is 9.05. The monoisotopic (exact) mass is 314 g/mol. The number of nitrogens with one attached hydrogen (secondary N) is 2. The second-order valence-corrected chi connectivity index (χ2v) is 7.41. The summed E-state index contributed by atoms with van der Waals surface area (Å²) < 4.78 is 22.2. The fourth-order valence-corrected chi connectivity index (χ4v) is 2.62. The van der Waals surface area contributed by atoms with Gasteiger partial charge in [-0.15, -0.1) is 0 Å². The molecule has 0 fully saturated rings. The third-order valence-electron chi connectivity index (χ3n) is 2.99. The van der Waals surface area contributed by atoms with E-state index >= 15 is 0 Å². The van der Waals surface area contributed by atoms with E-state index in [1.807, 2.05) is 13.8 Å². The van der Waals surface area contributed by atoms with Crippen LogP contribution in [0.5, 0.6) is 0 Å². The standard InChI is InChI=1S/C14H26N4O2S/c1-5-8-12-17-13(15-6-2)11(3)14(18-12)16-9-7-10-21(4,19)20/h5-10H2,1-4H3,(H2,15,16,17,18). The zero-order chi connectivity index (χ0) is 15.9. The smallest absolute Gasteiger partial charge is 0.147 e. The van der Waals surface area contributed by atoms with Crippen molar-refractivity contribution in [1.29, 1.82) is 0 Å². The number of aryl methyl sites for hydroxylation is 1. The van der Waals surface area contributed by atoms with Gasteiger partial charge in [0, 0.05) is 31.3 Å². The number of hydrogen-bond acceptors (Lipinski definition) is 6. The minimum absolute atomic E-state index is 0.187. The molecule has 1 heterocycles. The van der Waals surface area contributed by atoms with E-state index in [-0.39, 0.29) is 5.75 Å². The highest BCUT2D eigenvalue weighted by Gasteiger charge is 2.10. The predicted octanol–water partition coefficient (Wildman–Crippen LogP) is 2.02. The van der Waals surface area contributed by atoms with E-state index in [0.717, 1.165) is 42.4 Å². The van der Waals surface area contributed by atoms with Crippen molar-refractivity contribution in [3.8, 4) is 0 Å². The molecule has 0 bridgehead atoms. The van der Waals surface area contributed by atoms with E-state index in [9.17, 15) is 8.42 Å². The van der Waals surface area contributed by atoms with Crippen LogP contribution in [0.2, 0.25) is 0 Å². The SMILES string of the molecule is CCCc1nc(NCC)c(C)c(NCCCS(C)(=O)=O)n1. The highest BCUT2D eigenvalue weighted by Crippen LogP contribution is 2.20. The maximum Gasteiger partial charge on any atom is 0.147 e. The van der Waals surface area contributed by atoms with E-state index in [1.165, 1.54) is 6.26 Å². The van der Waals surface area contributed by atoms with Gasteiger partial charge in [-0.3, -0.25) is 0 Å². The van der Waals surface area contributed by atoms with Crippen molar-refractivity contribution in [3.05, 3.63) is 11.4 Å². The van der Waals surface area contributed by atoms with Gasteiger partial charge in [-0.05, 0) is 26.7 Å². The Kier molecular flexibility index (Phi) is 6.87. The topological polar surface area (TPSA) is 84.0 Å². The van der Waals surface area contributed by atoms with Crippen LogP contribution in [0.4, 0.5) is 11.6 Å². The first-order chi connectivity index (χ1) is 9.87. The van der Waals surface area contributed by atoms with Gasteiger partial charge in [-0.1, -0.05) is 6.92 Å². The van der Waals surface area contributed by atoms with Crippen molar-refractivity contribution in [1.82, 2.24) is 9.97 Å². The number of anilines is 2. The first-order valence-corrected chi connectivity index (χ1v) is 9.46. The van der Waals surface area contributed by atoms with Crippen LogP contribution in [0.15, 0.2) is 0 Å². The number of rotatable bonds is 9. The second kappa shape index (κ2) is 8.17. The second-order valence-electron chi connectivity index (χ2n) is 5.15. The van der Waals surface area contributed by atoms with Crippen LogP contribution in [-0.2, 0) is 16.3 Å². The molecule has 1 rings (SSSR count). The molecule has 0 unspecified atom stereocenters. The van der Waals surface area contributed by atoms with Crippen molar-refractivity contribution >= 4 is 21.5 Å². The summed E-state index contributed by atoms with van der Waals surface area (Å²) in [6, 6.07) is 0. The summed E-state index contributed by atoms with van der Waals surface area (Å²) in [5.74, 6) is 2.63. The summed E-state index contributed by atoms with van der Waals surface area (Å²) >= 11 is 0. The van der Waals surface area contributed by atoms with E-state index < -0.39 is 9.84 Å². The largest absolute Gasteiger partial charge is 0.370 e. The first-order valence-electron chi connectivity index (χ1n) is 7.40. The lowest BCUT2D eigenvalue weighted by atomic mass is 10.2. The molecule has 0 atom stereocenters. The molecule has 21 heavy (non-hydrogen) atoms. The Labute approximate surface area is 127 Å². The van der Waals surface area contributed by atoms with Crippen LogP contribution in [0.1, 0.15) is 38.1 Å². The number of sulfone groups is 1. The van der Waals surface area contributed by atoms with Crippen molar-refractivity contribution in [2.75, 3.05) is 35.7 Å². The number of nitrogens with zero attached hydrogens (tertiary/aromatic N) is 2. The Morgan fingerprint density at radius 1 is 1.10 bits per heavy atom. The van der Waals surface area contributed by atoms with Gasteiger partial charge in [0.15, 0.2) is 0 Å². The zero-order valence-corrected chi connectivity index (χ0v) is 14.2. The summed E-state index contributed by atoms with van der Waals surface area (Å²) in [6.07, 6.45) is 3.65. The molecule has 0 spiro atoms. The molecule has 0 aliphatic carbocycles. The van der Waals surface area contributed by atoms with Crippen LogP contribution in [0.3, 0.4) is 0 Å². The lowest BCUT2D eigenvalue weighted by Gasteiger charge is -2.14. The van der Waals surface area contributed by atoms with Crippen LogP contribution < -0.4 is 10.6 Å². The third-order valence-corrected chi connectivity index (χ3v) is 4.02. The quantitative estimate of drug-likeness (QED) is 0.678. The Hall–Kier alpha value is -1.37. The van der Waals surface area contributed by atoms with Gasteiger partial charge >= 0.3 is 0 Å². The molecule has 0 radical (unpaired) electrons. The number of hydrogen-bond donors (Lipinski definition) is 2. The molecular weight excluding hydrogens is 288 g/mol. The fraction of sp³-hybridized carbons (Fsp3) is 0.714. The van der Waals surface area contributed by atoms with Gasteiger partial charge in [0.25, 0.3) is 0 Å². The van der Waals surface area contributed by atoms with E-state index in [2.05, 4.69) is 27.5 Å². The lowest BCUT2D eigenvalue weighted by molar-refractivity contribution is 0.600. The molecule has 120 valence electrons. The maximum atomic E-state index is 11.1. The summed E-state index contributed by atoms with van der Waals surface area (Å²) in [5, 5.41) is 6.47. The van der Waals surface area contributed by atoms with Crippen molar-refractivity contribution in [2.45, 2.75) is 40.0 Å². The Balaban J connectivity index is 2.79. The first kappa shape index (κ1) is 17.7. The molecule has 1 aromatic heterocycles. The highest BCUT2D eigenvalue weighted by atomic mass is 32.2. The van der Waals surface area contributed by atoms with Crippen LogP contribution in [0.25, 0.3) is 0 Å². The van der Waals surface area contributed by atoms with Gasteiger partial charge in [0.2, 0.25) is 0 Å². The van der Waals surface area contributed by atoms with E-state index in [0.29, 0.717) is 13.0 Å². The van der Waals surface area contributed by atoms with Crippen molar-refractivity contribution < 1.29 is 8.42 Å². The molecule has 0 saturated carbocycles. The molecule has 0 aliphatic rings. The highest BCUT2D eigenvalue weighted by molar-refractivity contribution is 7.90. The molecule has 1 aromatic rings. The number of aromatic nitrogens is 2. The molecule has 6 nitrogen and oxygen atoms in total. The molecule has 0 aromatic carbocycles. The fourth-order valence-electron chi connectivity index (χ4n) is 1.95. The Morgan fingerprint density at radius 2 is 1.71 bits per heavy atom. The van der Waals surface area contributed by atoms with Crippen molar-refractivity contribution in [3.63, 3.8) is 0 Å². The minimum atomic E-state index is -2.91. The Morgan fingerprint density at radius 3 is 2.24 bits per heavy atom. The molecule has 0 aliphatic heterocycles. The van der Waals surface area contributed by atoms with E-state index in [1.54, 1.807) is 0 Å². The molecular formula is C14H26N4O2S. The van der Waals surface area contributed by atoms with Crippen LogP contribution >= 0.6 is 0 Å². The molecule has 2 N–H and O–H groups in total. The van der Waals surface area contributed by atoms with Gasteiger partial charge in [-0.25, -0.2) is 18.4 Å². The third kappa shape index (κ3) is 6.29. The summed E-state index contributed by atoms with van der Waals surface area (Å²) in [6.45, 7) is 7.47.